The highest BCUT2D eigenvalue weighted by Crippen LogP contribution is 2.29. The van der Waals surface area contributed by atoms with Gasteiger partial charge in [-0.15, -0.1) is 11.3 Å². The van der Waals surface area contributed by atoms with Crippen molar-refractivity contribution in [2.45, 2.75) is 51.7 Å². The molecule has 0 aliphatic rings. The molecule has 15 heteroatoms. The number of aromatic nitrogens is 3. The third-order valence-corrected chi connectivity index (χ3v) is 6.32. The second-order valence-corrected chi connectivity index (χ2v) is 10.4. The average Bonchev–Trinajstić information content (AvgIpc) is 3.43. The van der Waals surface area contributed by atoms with Gasteiger partial charge in [0.2, 0.25) is 5.95 Å². The van der Waals surface area contributed by atoms with E-state index in [2.05, 4.69) is 20.3 Å². The van der Waals surface area contributed by atoms with Crippen LogP contribution >= 0.6 is 11.3 Å². The fourth-order valence-corrected chi connectivity index (χ4v) is 4.46. The Bertz CT molecular complexity index is 1360. The number of carbonyl (C=O) groups excluding carboxylic acids is 2. The van der Waals surface area contributed by atoms with Crippen molar-refractivity contribution in [3.8, 4) is 0 Å². The van der Waals surface area contributed by atoms with Crippen LogP contribution in [-0.4, -0.2) is 67.3 Å². The molecule has 1 atom stereocenters. The number of thiophene rings is 1. The number of carbonyl (C=O) groups is 4. The van der Waals surface area contributed by atoms with E-state index in [0.29, 0.717) is 22.5 Å². The highest BCUT2D eigenvalue weighted by Gasteiger charge is 2.27. The first-order chi connectivity index (χ1) is 17.7. The number of carboxylic acid groups (broad SMARTS) is 2. The number of hydrogen-bond acceptors (Lipinski definition) is 10. The second-order valence-electron chi connectivity index (χ2n) is 9.32. The minimum atomic E-state index is -1.38. The fraction of sp³-hybridized carbons (Fsp3) is 0.391. The Hall–Kier alpha value is -4.40. The lowest BCUT2D eigenvalue weighted by Crippen LogP contribution is -2.40. The molecule has 0 spiro atoms. The lowest BCUT2D eigenvalue weighted by atomic mass is 10.1. The number of fused-ring (bicyclic) bond motifs is 1. The van der Waals surface area contributed by atoms with Crippen LogP contribution < -0.4 is 21.7 Å². The number of aliphatic carboxylic acids is 2. The summed E-state index contributed by atoms with van der Waals surface area (Å²) in [6, 6.07) is 1.61. The number of nitrogen functional groups attached to an aromatic ring is 2. The van der Waals surface area contributed by atoms with Crippen LogP contribution in [0.3, 0.4) is 0 Å². The zero-order valence-corrected chi connectivity index (χ0v) is 21.8. The Balaban J connectivity index is 1.83. The van der Waals surface area contributed by atoms with Crippen molar-refractivity contribution in [3.63, 3.8) is 0 Å². The van der Waals surface area contributed by atoms with Gasteiger partial charge in [0.15, 0.2) is 0 Å². The first-order valence-corrected chi connectivity index (χ1v) is 12.3. The third-order valence-electron chi connectivity index (χ3n) is 5.21. The third kappa shape index (κ3) is 7.09. The number of amides is 2. The molecule has 3 aromatic rings. The topological polar surface area (TPSA) is 227 Å². The average molecular weight is 548 g/mol. The number of rotatable bonds is 10. The zero-order valence-electron chi connectivity index (χ0n) is 21.0. The van der Waals surface area contributed by atoms with Gasteiger partial charge in [-0.05, 0) is 51.3 Å². The summed E-state index contributed by atoms with van der Waals surface area (Å²) in [5.41, 5.74) is 12.1. The van der Waals surface area contributed by atoms with Gasteiger partial charge in [0.25, 0.3) is 5.91 Å². The predicted octanol–water partition coefficient (Wildman–Crippen LogP) is 2.22. The number of H-pyrrole nitrogens is 1. The van der Waals surface area contributed by atoms with E-state index in [-0.39, 0.29) is 29.6 Å². The SMILES string of the molecule is CC(C)(C)OC(=O)N(CCc1c[nH]c2nc(N)nc(N)c12)c1ccc(C(=O)N[C@@H](CCC(=O)O)C(=O)O)s1. The maximum atomic E-state index is 13.1. The van der Waals surface area contributed by atoms with Gasteiger partial charge < -0.3 is 36.7 Å². The molecular formula is C23H29N7O7S. The molecule has 3 rings (SSSR count). The molecule has 0 aromatic carbocycles. The van der Waals surface area contributed by atoms with E-state index in [9.17, 15) is 24.3 Å². The first-order valence-electron chi connectivity index (χ1n) is 11.5. The van der Waals surface area contributed by atoms with Gasteiger partial charge in [-0.2, -0.15) is 9.97 Å². The van der Waals surface area contributed by atoms with Gasteiger partial charge in [0.05, 0.1) is 10.3 Å². The molecule has 0 aliphatic heterocycles. The van der Waals surface area contributed by atoms with Crippen molar-refractivity contribution in [2.75, 3.05) is 22.9 Å². The lowest BCUT2D eigenvalue weighted by molar-refractivity contribution is -0.140. The van der Waals surface area contributed by atoms with Crippen LogP contribution in [0.15, 0.2) is 18.3 Å². The van der Waals surface area contributed by atoms with Crippen molar-refractivity contribution in [1.29, 1.82) is 0 Å². The summed E-state index contributed by atoms with van der Waals surface area (Å²) in [4.78, 5) is 60.6. The van der Waals surface area contributed by atoms with Crippen molar-refractivity contribution >= 4 is 63.1 Å². The Morgan fingerprint density at radius 2 is 1.89 bits per heavy atom. The minimum Gasteiger partial charge on any atom is -0.481 e. The van der Waals surface area contributed by atoms with Gasteiger partial charge in [-0.1, -0.05) is 0 Å². The summed E-state index contributed by atoms with van der Waals surface area (Å²) in [5, 5.41) is 21.4. The molecule has 2 amide bonds. The van der Waals surface area contributed by atoms with Crippen LogP contribution in [-0.2, 0) is 20.7 Å². The summed E-state index contributed by atoms with van der Waals surface area (Å²) >= 11 is 0.958. The van der Waals surface area contributed by atoms with E-state index in [1.54, 1.807) is 33.0 Å². The van der Waals surface area contributed by atoms with Gasteiger partial charge >= 0.3 is 18.0 Å². The van der Waals surface area contributed by atoms with Crippen LogP contribution in [0.2, 0.25) is 0 Å². The van der Waals surface area contributed by atoms with Crippen LogP contribution in [0.1, 0.15) is 48.8 Å². The van der Waals surface area contributed by atoms with Crippen LogP contribution in [0, 0.1) is 0 Å². The molecule has 3 heterocycles. The summed E-state index contributed by atoms with van der Waals surface area (Å²) in [6.45, 7) is 5.31. The number of ether oxygens (including phenoxy) is 1. The Morgan fingerprint density at radius 1 is 1.18 bits per heavy atom. The molecule has 38 heavy (non-hydrogen) atoms. The second kappa shape index (κ2) is 11.3. The Kier molecular flexibility index (Phi) is 8.40. The predicted molar refractivity (Wildman–Crippen MR) is 140 cm³/mol. The highest BCUT2D eigenvalue weighted by atomic mass is 32.1. The molecule has 204 valence electrons. The van der Waals surface area contributed by atoms with Crippen molar-refractivity contribution in [2.24, 2.45) is 0 Å². The van der Waals surface area contributed by atoms with Gasteiger partial charge in [0.1, 0.15) is 28.1 Å². The molecule has 0 bridgehead atoms. The lowest BCUT2D eigenvalue weighted by Gasteiger charge is -2.26. The van der Waals surface area contributed by atoms with E-state index in [1.165, 1.54) is 11.0 Å². The molecule has 0 unspecified atom stereocenters. The smallest absolute Gasteiger partial charge is 0.415 e. The summed E-state index contributed by atoms with van der Waals surface area (Å²) in [7, 11) is 0. The molecule has 14 nitrogen and oxygen atoms in total. The number of nitrogens with zero attached hydrogens (tertiary/aromatic N) is 3. The standard InChI is InChI=1S/C23H29N7O7S/c1-23(2,3)37-22(36)30(9-8-11-10-26-18-16(11)17(24)28-21(25)29-18)14-6-5-13(38-14)19(33)27-12(20(34)35)4-7-15(31)32/h5-6,10,12H,4,7-9H2,1-3H3,(H,27,33)(H,31,32)(H,34,35)(H5,24,25,26,28,29)/t12-/m0/s1. The molecule has 0 fully saturated rings. The van der Waals surface area contributed by atoms with Gasteiger partial charge in [-0.25, -0.2) is 9.59 Å². The first kappa shape index (κ1) is 28.2. The number of anilines is 3. The number of nitrogens with two attached hydrogens (primary N) is 2. The van der Waals surface area contributed by atoms with Crippen LogP contribution in [0.25, 0.3) is 11.0 Å². The maximum Gasteiger partial charge on any atom is 0.415 e. The van der Waals surface area contributed by atoms with Crippen molar-refractivity contribution in [1.82, 2.24) is 20.3 Å². The van der Waals surface area contributed by atoms with Gasteiger partial charge in [0, 0.05) is 19.2 Å². The molecule has 8 N–H and O–H groups in total. The summed E-state index contributed by atoms with van der Waals surface area (Å²) in [6.07, 6.45) is 0.673. The Morgan fingerprint density at radius 3 is 2.53 bits per heavy atom. The van der Waals surface area contributed by atoms with E-state index in [0.717, 1.165) is 16.9 Å². The van der Waals surface area contributed by atoms with E-state index in [1.807, 2.05) is 0 Å². The maximum absolute atomic E-state index is 13.1. The fourth-order valence-electron chi connectivity index (χ4n) is 3.53. The number of nitrogens with one attached hydrogen (secondary N) is 2. The normalized spacial score (nSPS) is 12.2. The monoisotopic (exact) mass is 547 g/mol. The van der Waals surface area contributed by atoms with E-state index >= 15 is 0 Å². The minimum absolute atomic E-state index is 0.0243. The number of hydrogen-bond donors (Lipinski definition) is 6. The van der Waals surface area contributed by atoms with Crippen LogP contribution in [0.4, 0.5) is 21.6 Å². The quantitative estimate of drug-likeness (QED) is 0.215. The molecular weight excluding hydrogens is 518 g/mol. The van der Waals surface area contributed by atoms with Crippen LogP contribution in [0.5, 0.6) is 0 Å². The summed E-state index contributed by atoms with van der Waals surface area (Å²) < 4.78 is 5.56. The number of aromatic amines is 1. The highest BCUT2D eigenvalue weighted by molar-refractivity contribution is 7.18. The Labute approximate surface area is 221 Å². The number of carboxylic acids is 2. The summed E-state index contributed by atoms with van der Waals surface area (Å²) in [5.74, 6) is -3.02. The van der Waals surface area contributed by atoms with E-state index in [4.69, 9.17) is 21.3 Å². The molecule has 0 radical (unpaired) electrons. The van der Waals surface area contributed by atoms with Gasteiger partial charge in [-0.3, -0.25) is 14.5 Å². The van der Waals surface area contributed by atoms with Crippen molar-refractivity contribution in [3.05, 3.63) is 28.8 Å². The van der Waals surface area contributed by atoms with Crippen molar-refractivity contribution < 1.29 is 34.1 Å². The largest absolute Gasteiger partial charge is 0.481 e. The molecule has 0 saturated carbocycles. The molecule has 0 saturated heterocycles. The van der Waals surface area contributed by atoms with E-state index < -0.39 is 42.0 Å². The zero-order chi connectivity index (χ0) is 28.2. The molecule has 0 aliphatic carbocycles. The molecule has 3 aromatic heterocycles.